The lowest BCUT2D eigenvalue weighted by molar-refractivity contribution is 0.177. The fourth-order valence-electron chi connectivity index (χ4n) is 2.71. The van der Waals surface area contributed by atoms with Gasteiger partial charge >= 0.3 is 0 Å². The van der Waals surface area contributed by atoms with Crippen molar-refractivity contribution >= 4 is 10.0 Å². The van der Waals surface area contributed by atoms with Crippen molar-refractivity contribution in [1.29, 1.82) is 0 Å². The van der Waals surface area contributed by atoms with Crippen molar-refractivity contribution in [3.8, 4) is 0 Å². The van der Waals surface area contributed by atoms with Crippen molar-refractivity contribution in [2.24, 2.45) is 5.92 Å². The van der Waals surface area contributed by atoms with Crippen molar-refractivity contribution < 1.29 is 13.2 Å². The number of ether oxygens (including phenoxy) is 1. The van der Waals surface area contributed by atoms with Gasteiger partial charge in [-0.25, -0.2) is 22.8 Å². The summed E-state index contributed by atoms with van der Waals surface area (Å²) in [7, 11) is -1.65. The first kappa shape index (κ1) is 14.9. The normalized spacial score (nSPS) is 22.2. The number of aryl methyl sites for hydroxylation is 1. The van der Waals surface area contributed by atoms with Crippen LogP contribution in [0.15, 0.2) is 0 Å². The molecule has 1 saturated carbocycles. The number of nitrogens with zero attached hydrogens (tertiary/aromatic N) is 3. The maximum absolute atomic E-state index is 12.2. The number of hydrogen-bond donors (Lipinski definition) is 1. The Morgan fingerprint density at radius 1 is 1.38 bits per heavy atom. The fraction of sp³-hybridized carbons (Fsp3) is 0.846. The predicted molar refractivity (Wildman–Crippen MR) is 77.0 cm³/mol. The van der Waals surface area contributed by atoms with E-state index in [9.17, 15) is 8.42 Å². The van der Waals surface area contributed by atoms with Gasteiger partial charge in [0.15, 0.2) is 5.82 Å². The van der Waals surface area contributed by atoms with Crippen LogP contribution >= 0.6 is 0 Å². The Morgan fingerprint density at radius 3 is 2.90 bits per heavy atom. The summed E-state index contributed by atoms with van der Waals surface area (Å²) in [4.78, 5) is 4.41. The van der Waals surface area contributed by atoms with Gasteiger partial charge in [0.25, 0.3) is 0 Å². The third-order valence-electron chi connectivity index (χ3n) is 4.01. The molecule has 0 aromatic carbocycles. The van der Waals surface area contributed by atoms with Crippen molar-refractivity contribution in [3.05, 3.63) is 11.6 Å². The van der Waals surface area contributed by atoms with E-state index in [0.29, 0.717) is 24.2 Å². The highest BCUT2D eigenvalue weighted by molar-refractivity contribution is 7.89. The molecule has 1 aliphatic heterocycles. The number of sulfonamides is 1. The number of nitrogens with one attached hydrogen (secondary N) is 1. The fourth-order valence-corrected chi connectivity index (χ4v) is 4.12. The van der Waals surface area contributed by atoms with Gasteiger partial charge in [-0.05, 0) is 25.2 Å². The molecule has 1 atom stereocenters. The minimum absolute atomic E-state index is 0.216. The minimum Gasteiger partial charge on any atom is -0.377 e. The van der Waals surface area contributed by atoms with Crippen LogP contribution < -0.4 is 4.72 Å². The number of aromatic nitrogens is 3. The zero-order chi connectivity index (χ0) is 14.9. The number of fused-ring (bicyclic) bond motifs is 1. The average molecular weight is 314 g/mol. The summed E-state index contributed by atoms with van der Waals surface area (Å²) in [6, 6.07) is -0.263. The van der Waals surface area contributed by atoms with E-state index >= 15 is 0 Å². The van der Waals surface area contributed by atoms with Crippen molar-refractivity contribution in [3.63, 3.8) is 0 Å². The third kappa shape index (κ3) is 3.81. The largest absolute Gasteiger partial charge is 0.377 e. The second kappa shape index (κ2) is 6.02. The zero-order valence-corrected chi connectivity index (χ0v) is 13.1. The van der Waals surface area contributed by atoms with E-state index in [1.165, 1.54) is 12.8 Å². The summed E-state index contributed by atoms with van der Waals surface area (Å²) >= 11 is 0. The molecule has 0 spiro atoms. The highest BCUT2D eigenvalue weighted by Crippen LogP contribution is 2.33. The molecule has 8 heteroatoms. The molecule has 0 bridgehead atoms. The maximum Gasteiger partial charge on any atom is 0.212 e. The van der Waals surface area contributed by atoms with Crippen LogP contribution in [0.3, 0.4) is 0 Å². The Labute approximate surface area is 125 Å². The third-order valence-corrected chi connectivity index (χ3v) is 5.42. The lowest BCUT2D eigenvalue weighted by atomic mass is 10.1. The Morgan fingerprint density at radius 2 is 2.19 bits per heavy atom. The highest BCUT2D eigenvalue weighted by Gasteiger charge is 2.29. The van der Waals surface area contributed by atoms with Gasteiger partial charge in [0.2, 0.25) is 10.0 Å². The molecule has 3 rings (SSSR count). The van der Waals surface area contributed by atoms with Crippen LogP contribution in [-0.2, 0) is 27.9 Å². The van der Waals surface area contributed by atoms with E-state index in [4.69, 9.17) is 4.74 Å². The van der Waals surface area contributed by atoms with Crippen LogP contribution in [0, 0.1) is 5.92 Å². The Balaban J connectivity index is 1.68. The van der Waals surface area contributed by atoms with Gasteiger partial charge in [0.05, 0.1) is 11.8 Å². The molecule has 1 aliphatic carbocycles. The van der Waals surface area contributed by atoms with Gasteiger partial charge in [0, 0.05) is 13.7 Å². The quantitative estimate of drug-likeness (QED) is 0.811. The van der Waals surface area contributed by atoms with E-state index < -0.39 is 10.0 Å². The summed E-state index contributed by atoms with van der Waals surface area (Å²) in [6.07, 6.45) is 4.79. The molecule has 2 heterocycles. The average Bonchev–Trinajstić information content (AvgIpc) is 3.17. The molecule has 118 valence electrons. The molecule has 1 aromatic heterocycles. The van der Waals surface area contributed by atoms with Crippen LogP contribution in [0.1, 0.15) is 49.8 Å². The summed E-state index contributed by atoms with van der Waals surface area (Å²) in [5.74, 6) is 2.15. The van der Waals surface area contributed by atoms with Gasteiger partial charge in [0.1, 0.15) is 12.4 Å². The first-order valence-corrected chi connectivity index (χ1v) is 9.15. The standard InChI is InChI=1S/C13H22N4O3S/c1-20-9-12-14-13-11(3-2-7-17(13)15-12)16-21(18,19)8-6-10-4-5-10/h10-11,16H,2-9H2,1H3/t11-/m1/s1. The molecule has 0 saturated heterocycles. The zero-order valence-electron chi connectivity index (χ0n) is 12.3. The molecule has 21 heavy (non-hydrogen) atoms. The second-order valence-corrected chi connectivity index (χ2v) is 7.78. The molecule has 0 unspecified atom stereocenters. The molecule has 2 aliphatic rings. The van der Waals surface area contributed by atoms with E-state index in [1.54, 1.807) is 11.8 Å². The van der Waals surface area contributed by atoms with E-state index in [0.717, 1.165) is 25.8 Å². The molecular weight excluding hydrogens is 292 g/mol. The maximum atomic E-state index is 12.2. The van der Waals surface area contributed by atoms with E-state index in [2.05, 4.69) is 14.8 Å². The SMILES string of the molecule is COCc1nc2n(n1)CCC[C@H]2NS(=O)(=O)CCC1CC1. The lowest BCUT2D eigenvalue weighted by Crippen LogP contribution is -2.34. The smallest absolute Gasteiger partial charge is 0.212 e. The number of hydrogen-bond acceptors (Lipinski definition) is 5. The van der Waals surface area contributed by atoms with Crippen LogP contribution in [0.25, 0.3) is 0 Å². The molecule has 1 N–H and O–H groups in total. The van der Waals surface area contributed by atoms with Gasteiger partial charge < -0.3 is 4.74 Å². The summed E-state index contributed by atoms with van der Waals surface area (Å²) in [6.45, 7) is 1.13. The van der Waals surface area contributed by atoms with Gasteiger partial charge in [-0.2, -0.15) is 5.10 Å². The summed E-state index contributed by atoms with van der Waals surface area (Å²) in [5, 5.41) is 4.35. The molecule has 0 radical (unpaired) electrons. The molecule has 0 amide bonds. The van der Waals surface area contributed by atoms with Gasteiger partial charge in [-0.15, -0.1) is 0 Å². The Kier molecular flexibility index (Phi) is 4.28. The highest BCUT2D eigenvalue weighted by atomic mass is 32.2. The number of methoxy groups -OCH3 is 1. The lowest BCUT2D eigenvalue weighted by Gasteiger charge is -2.22. The van der Waals surface area contributed by atoms with E-state index in [-0.39, 0.29) is 11.8 Å². The van der Waals surface area contributed by atoms with Crippen molar-refractivity contribution in [2.75, 3.05) is 12.9 Å². The predicted octanol–water partition coefficient (Wildman–Crippen LogP) is 0.979. The second-order valence-electron chi connectivity index (χ2n) is 5.91. The van der Waals surface area contributed by atoms with Crippen molar-refractivity contribution in [2.45, 2.75) is 51.3 Å². The van der Waals surface area contributed by atoms with Gasteiger partial charge in [-0.1, -0.05) is 12.8 Å². The van der Waals surface area contributed by atoms with Gasteiger partial charge in [-0.3, -0.25) is 0 Å². The monoisotopic (exact) mass is 314 g/mol. The molecular formula is C13H22N4O3S. The Bertz CT molecular complexity index is 595. The van der Waals surface area contributed by atoms with Crippen LogP contribution in [0.5, 0.6) is 0 Å². The summed E-state index contributed by atoms with van der Waals surface area (Å²) < 4.78 is 34.0. The molecule has 1 aromatic rings. The topological polar surface area (TPSA) is 86.1 Å². The Hall–Kier alpha value is -0.990. The van der Waals surface area contributed by atoms with Crippen molar-refractivity contribution in [1.82, 2.24) is 19.5 Å². The first-order chi connectivity index (χ1) is 10.1. The van der Waals surface area contributed by atoms with Crippen LogP contribution in [0.2, 0.25) is 0 Å². The summed E-state index contributed by atoms with van der Waals surface area (Å²) in [5.41, 5.74) is 0. The molecule has 1 fully saturated rings. The van der Waals surface area contributed by atoms with Crippen LogP contribution in [0.4, 0.5) is 0 Å². The van der Waals surface area contributed by atoms with Crippen LogP contribution in [-0.4, -0.2) is 36.0 Å². The molecule has 7 nitrogen and oxygen atoms in total. The first-order valence-electron chi connectivity index (χ1n) is 7.50. The number of rotatable bonds is 7. The van der Waals surface area contributed by atoms with E-state index in [1.807, 2.05) is 0 Å². The minimum atomic E-state index is -3.24.